The number of aryl methyl sites for hydroxylation is 2. The average molecular weight is 381 g/mol. The van der Waals surface area contributed by atoms with E-state index in [1.165, 1.54) is 0 Å². The highest BCUT2D eigenvalue weighted by Gasteiger charge is 2.18. The van der Waals surface area contributed by atoms with Gasteiger partial charge >= 0.3 is 0 Å². The number of aromatic nitrogens is 2. The number of para-hydroxylation sites is 2. The van der Waals surface area contributed by atoms with E-state index in [1.807, 2.05) is 63.2 Å². The van der Waals surface area contributed by atoms with E-state index in [9.17, 15) is 4.79 Å². The fraction of sp³-hybridized carbons (Fsp3) is 0.364. The summed E-state index contributed by atoms with van der Waals surface area (Å²) < 4.78 is 13.0. The van der Waals surface area contributed by atoms with E-state index >= 15 is 0 Å². The number of ether oxygens (including phenoxy) is 2. The Bertz CT molecular complexity index is 965. The van der Waals surface area contributed by atoms with E-state index in [2.05, 4.69) is 9.88 Å². The van der Waals surface area contributed by atoms with Gasteiger partial charge in [0.2, 0.25) is 0 Å². The molecule has 148 valence electrons. The molecule has 0 saturated carbocycles. The van der Waals surface area contributed by atoms with Gasteiger partial charge in [-0.15, -0.1) is 0 Å². The zero-order chi connectivity index (χ0) is 20.1. The quantitative estimate of drug-likeness (QED) is 0.648. The molecule has 0 radical (unpaired) electrons. The monoisotopic (exact) mass is 381 g/mol. The van der Waals surface area contributed by atoms with Crippen LogP contribution >= 0.6 is 0 Å². The molecule has 0 saturated heterocycles. The van der Waals surface area contributed by atoms with Gasteiger partial charge in [-0.05, 0) is 50.1 Å². The molecular formula is C22H27N3O3. The lowest BCUT2D eigenvalue weighted by molar-refractivity contribution is -0.123. The first-order valence-corrected chi connectivity index (χ1v) is 9.43. The third kappa shape index (κ3) is 4.51. The molecule has 6 heteroatoms. The smallest absolute Gasteiger partial charge is 0.258 e. The van der Waals surface area contributed by atoms with Gasteiger partial charge in [-0.3, -0.25) is 4.79 Å². The number of rotatable bonds is 8. The van der Waals surface area contributed by atoms with Crippen LogP contribution in [0.25, 0.3) is 11.0 Å². The third-order valence-corrected chi connectivity index (χ3v) is 4.67. The highest BCUT2D eigenvalue weighted by molar-refractivity contribution is 5.79. The third-order valence-electron chi connectivity index (χ3n) is 4.67. The van der Waals surface area contributed by atoms with Crippen molar-refractivity contribution in [1.29, 1.82) is 0 Å². The fourth-order valence-corrected chi connectivity index (χ4v) is 3.20. The van der Waals surface area contributed by atoms with Gasteiger partial charge in [0.25, 0.3) is 5.91 Å². The molecule has 1 N–H and O–H groups in total. The largest absolute Gasteiger partial charge is 0.483 e. The lowest BCUT2D eigenvalue weighted by atomic mass is 10.1. The standard InChI is InChI=1S/C22H27N3O3/c1-15-9-10-16(2)20(13-15)28-14-21(26)23-17(3)22-24-18-7-5-6-8-19(18)25(22)11-12-27-4/h5-10,13,17H,11-12,14H2,1-4H3,(H,23,26). The molecule has 0 spiro atoms. The SMILES string of the molecule is COCCn1c(C(C)NC(=O)COc2cc(C)ccc2C)nc2ccccc21. The Morgan fingerprint density at radius 2 is 2.00 bits per heavy atom. The van der Waals surface area contributed by atoms with E-state index in [0.717, 1.165) is 33.7 Å². The van der Waals surface area contributed by atoms with Gasteiger partial charge in [-0.2, -0.15) is 0 Å². The number of fused-ring (bicyclic) bond motifs is 1. The molecule has 28 heavy (non-hydrogen) atoms. The zero-order valence-electron chi connectivity index (χ0n) is 16.9. The van der Waals surface area contributed by atoms with Crippen LogP contribution in [0.1, 0.15) is 29.9 Å². The molecule has 1 atom stereocenters. The molecule has 0 aliphatic rings. The van der Waals surface area contributed by atoms with Gasteiger partial charge in [0.05, 0.1) is 23.7 Å². The molecule has 0 fully saturated rings. The molecular weight excluding hydrogens is 354 g/mol. The van der Waals surface area contributed by atoms with Gasteiger partial charge in [0.15, 0.2) is 6.61 Å². The first kappa shape index (κ1) is 19.9. The second kappa shape index (κ2) is 8.89. The Kier molecular flexibility index (Phi) is 6.31. The number of amides is 1. The second-order valence-corrected chi connectivity index (χ2v) is 6.95. The van der Waals surface area contributed by atoms with Crippen LogP contribution in [0.2, 0.25) is 0 Å². The van der Waals surface area contributed by atoms with Crippen LogP contribution in [0.15, 0.2) is 42.5 Å². The summed E-state index contributed by atoms with van der Waals surface area (Å²) in [5, 5.41) is 2.99. The highest BCUT2D eigenvalue weighted by Crippen LogP contribution is 2.21. The summed E-state index contributed by atoms with van der Waals surface area (Å²) >= 11 is 0. The van der Waals surface area contributed by atoms with Crippen LogP contribution < -0.4 is 10.1 Å². The number of imidazole rings is 1. The van der Waals surface area contributed by atoms with E-state index in [4.69, 9.17) is 14.5 Å². The Hall–Kier alpha value is -2.86. The Balaban J connectivity index is 1.70. The number of hydrogen-bond acceptors (Lipinski definition) is 4. The Morgan fingerprint density at radius 3 is 2.79 bits per heavy atom. The van der Waals surface area contributed by atoms with Crippen molar-refractivity contribution in [3.8, 4) is 5.75 Å². The minimum Gasteiger partial charge on any atom is -0.483 e. The zero-order valence-corrected chi connectivity index (χ0v) is 16.9. The van der Waals surface area contributed by atoms with Crippen molar-refractivity contribution in [2.45, 2.75) is 33.4 Å². The van der Waals surface area contributed by atoms with Crippen LogP contribution in [0, 0.1) is 13.8 Å². The summed E-state index contributed by atoms with van der Waals surface area (Å²) in [6, 6.07) is 13.6. The molecule has 0 bridgehead atoms. The molecule has 6 nitrogen and oxygen atoms in total. The van der Waals surface area contributed by atoms with Gasteiger partial charge in [0, 0.05) is 13.7 Å². The average Bonchev–Trinajstić information content (AvgIpc) is 3.05. The van der Waals surface area contributed by atoms with Crippen LogP contribution in [0.3, 0.4) is 0 Å². The second-order valence-electron chi connectivity index (χ2n) is 6.95. The van der Waals surface area contributed by atoms with Crippen molar-refractivity contribution in [3.63, 3.8) is 0 Å². The van der Waals surface area contributed by atoms with Crippen molar-refractivity contribution in [1.82, 2.24) is 14.9 Å². The molecule has 1 heterocycles. The van der Waals surface area contributed by atoms with Crippen molar-refractivity contribution in [2.24, 2.45) is 0 Å². The molecule has 0 aliphatic heterocycles. The van der Waals surface area contributed by atoms with E-state index in [1.54, 1.807) is 7.11 Å². The summed E-state index contributed by atoms with van der Waals surface area (Å²) in [6.07, 6.45) is 0. The maximum atomic E-state index is 12.4. The lowest BCUT2D eigenvalue weighted by Gasteiger charge is -2.17. The number of benzene rings is 2. The summed E-state index contributed by atoms with van der Waals surface area (Å²) in [5.41, 5.74) is 4.04. The number of carbonyl (C=O) groups is 1. The summed E-state index contributed by atoms with van der Waals surface area (Å²) in [5.74, 6) is 1.35. The normalized spacial score (nSPS) is 12.1. The van der Waals surface area contributed by atoms with Gasteiger partial charge in [0.1, 0.15) is 11.6 Å². The number of nitrogens with zero attached hydrogens (tertiary/aromatic N) is 2. The Morgan fingerprint density at radius 1 is 1.21 bits per heavy atom. The number of hydrogen-bond donors (Lipinski definition) is 1. The molecule has 1 amide bonds. The maximum Gasteiger partial charge on any atom is 0.258 e. The van der Waals surface area contributed by atoms with E-state index in [-0.39, 0.29) is 18.6 Å². The van der Waals surface area contributed by atoms with Gasteiger partial charge in [-0.25, -0.2) is 4.98 Å². The molecule has 2 aromatic carbocycles. The van der Waals surface area contributed by atoms with Crippen LogP contribution in [0.5, 0.6) is 5.75 Å². The predicted octanol–water partition coefficient (Wildman–Crippen LogP) is 3.56. The van der Waals surface area contributed by atoms with Crippen molar-refractivity contribution >= 4 is 16.9 Å². The van der Waals surface area contributed by atoms with Crippen molar-refractivity contribution < 1.29 is 14.3 Å². The summed E-state index contributed by atoms with van der Waals surface area (Å²) in [6.45, 7) is 7.11. The highest BCUT2D eigenvalue weighted by atomic mass is 16.5. The topological polar surface area (TPSA) is 65.4 Å². The van der Waals surface area contributed by atoms with Crippen LogP contribution in [-0.2, 0) is 16.1 Å². The molecule has 1 aromatic heterocycles. The first-order chi connectivity index (χ1) is 13.5. The van der Waals surface area contributed by atoms with Crippen molar-refractivity contribution in [2.75, 3.05) is 20.3 Å². The first-order valence-electron chi connectivity index (χ1n) is 9.43. The number of carbonyl (C=O) groups excluding carboxylic acids is 1. The number of nitrogens with one attached hydrogen (secondary N) is 1. The summed E-state index contributed by atoms with van der Waals surface area (Å²) in [4.78, 5) is 17.2. The molecule has 3 aromatic rings. The van der Waals surface area contributed by atoms with Gasteiger partial charge < -0.3 is 19.4 Å². The van der Waals surface area contributed by atoms with E-state index < -0.39 is 0 Å². The fourth-order valence-electron chi connectivity index (χ4n) is 3.20. The molecule has 0 aliphatic carbocycles. The van der Waals surface area contributed by atoms with Crippen molar-refractivity contribution in [3.05, 3.63) is 59.4 Å². The molecule has 3 rings (SSSR count). The predicted molar refractivity (Wildman–Crippen MR) is 110 cm³/mol. The Labute approximate surface area is 165 Å². The maximum absolute atomic E-state index is 12.4. The summed E-state index contributed by atoms with van der Waals surface area (Å²) in [7, 11) is 1.68. The van der Waals surface area contributed by atoms with E-state index in [0.29, 0.717) is 13.2 Å². The minimum atomic E-state index is -0.251. The molecule has 1 unspecified atom stereocenters. The van der Waals surface area contributed by atoms with Crippen LogP contribution in [-0.4, -0.2) is 35.8 Å². The van der Waals surface area contributed by atoms with Crippen LogP contribution in [0.4, 0.5) is 0 Å². The van der Waals surface area contributed by atoms with Gasteiger partial charge in [-0.1, -0.05) is 24.3 Å². The number of methoxy groups -OCH3 is 1. The minimum absolute atomic E-state index is 0.0348. The lowest BCUT2D eigenvalue weighted by Crippen LogP contribution is -2.33.